The molecule has 2 N–H and O–H groups in total. The quantitative estimate of drug-likeness (QED) is 0.662. The highest BCUT2D eigenvalue weighted by Crippen LogP contribution is 2.35. The maximum absolute atomic E-state index is 12.3. The van der Waals surface area contributed by atoms with Crippen LogP contribution in [-0.2, 0) is 11.8 Å². The van der Waals surface area contributed by atoms with Gasteiger partial charge in [-0.3, -0.25) is 10.1 Å². The normalized spacial score (nSPS) is 24.6. The number of nitrogens with zero attached hydrogens (tertiary/aromatic N) is 3. The van der Waals surface area contributed by atoms with Crippen LogP contribution in [0.2, 0.25) is 0 Å². The first-order valence-electron chi connectivity index (χ1n) is 10.9. The second-order valence-electron chi connectivity index (χ2n) is 8.45. The van der Waals surface area contributed by atoms with Gasteiger partial charge in [-0.05, 0) is 30.4 Å². The van der Waals surface area contributed by atoms with Crippen LogP contribution in [0.3, 0.4) is 0 Å². The van der Waals surface area contributed by atoms with Crippen LogP contribution in [0.1, 0.15) is 45.0 Å². The first-order chi connectivity index (χ1) is 15.4. The van der Waals surface area contributed by atoms with E-state index in [9.17, 15) is 9.59 Å². The first-order valence-corrected chi connectivity index (χ1v) is 11.9. The molecule has 1 aromatic heterocycles. The summed E-state index contributed by atoms with van der Waals surface area (Å²) in [4.78, 5) is 24.5. The number of hydrogen-bond donors (Lipinski definition) is 2. The second kappa shape index (κ2) is 9.81. The Morgan fingerprint density at radius 3 is 2.78 bits per heavy atom. The molecule has 1 aromatic carbocycles. The molecule has 2 aromatic rings. The monoisotopic (exact) mass is 459 g/mol. The number of thioether (sulfide) groups is 1. The fourth-order valence-corrected chi connectivity index (χ4v) is 4.88. The number of amides is 3. The summed E-state index contributed by atoms with van der Waals surface area (Å²) in [6, 6.07) is 7.13. The molecular formula is C22H29N5O4S. The van der Waals surface area contributed by atoms with Crippen molar-refractivity contribution < 1.29 is 19.1 Å². The van der Waals surface area contributed by atoms with Crippen molar-refractivity contribution in [1.29, 1.82) is 0 Å². The second-order valence-corrected chi connectivity index (χ2v) is 9.39. The zero-order valence-electron chi connectivity index (χ0n) is 18.5. The van der Waals surface area contributed by atoms with Gasteiger partial charge in [0.15, 0.2) is 28.6 Å². The number of benzene rings is 1. The lowest BCUT2D eigenvalue weighted by Gasteiger charge is -2.34. The molecule has 2 heterocycles. The van der Waals surface area contributed by atoms with E-state index in [4.69, 9.17) is 9.47 Å². The molecule has 2 aliphatic rings. The van der Waals surface area contributed by atoms with Crippen molar-refractivity contribution in [3.8, 4) is 11.5 Å². The van der Waals surface area contributed by atoms with Crippen LogP contribution in [0.15, 0.2) is 29.4 Å². The van der Waals surface area contributed by atoms with E-state index >= 15 is 0 Å². The van der Waals surface area contributed by atoms with Gasteiger partial charge in [-0.25, -0.2) is 4.79 Å². The van der Waals surface area contributed by atoms with Crippen molar-refractivity contribution in [2.45, 2.75) is 50.4 Å². The number of carbonyl (C=O) groups is 2. The van der Waals surface area contributed by atoms with Gasteiger partial charge in [0.1, 0.15) is 6.61 Å². The van der Waals surface area contributed by atoms with Crippen molar-refractivity contribution in [1.82, 2.24) is 25.4 Å². The van der Waals surface area contributed by atoms with Gasteiger partial charge in [0.2, 0.25) is 5.91 Å². The summed E-state index contributed by atoms with van der Waals surface area (Å²) < 4.78 is 13.5. The molecule has 1 aliphatic carbocycles. The highest BCUT2D eigenvalue weighted by Gasteiger charge is 2.29. The van der Waals surface area contributed by atoms with Crippen LogP contribution >= 0.6 is 11.8 Å². The minimum absolute atomic E-state index is 0.0564. The molecule has 1 saturated carbocycles. The number of ether oxygens (including phenoxy) is 2. The van der Waals surface area contributed by atoms with E-state index in [1.807, 2.05) is 31.3 Å². The third kappa shape index (κ3) is 5.01. The lowest BCUT2D eigenvalue weighted by atomic mass is 9.78. The number of hydrogen-bond acceptors (Lipinski definition) is 7. The summed E-state index contributed by atoms with van der Waals surface area (Å²) in [6.45, 7) is 4.68. The van der Waals surface area contributed by atoms with Gasteiger partial charge in [0, 0.05) is 13.1 Å². The lowest BCUT2D eigenvalue weighted by molar-refractivity contribution is -0.117. The number of carbonyl (C=O) groups excluding carboxylic acids is 2. The molecule has 0 unspecified atom stereocenters. The topological polar surface area (TPSA) is 107 Å². The predicted octanol–water partition coefficient (Wildman–Crippen LogP) is 3.07. The molecule has 10 heteroatoms. The Bertz CT molecular complexity index is 981. The number of para-hydroxylation sites is 2. The number of aromatic nitrogens is 3. The van der Waals surface area contributed by atoms with Crippen LogP contribution in [0, 0.1) is 11.8 Å². The zero-order chi connectivity index (χ0) is 22.7. The molecule has 0 spiro atoms. The summed E-state index contributed by atoms with van der Waals surface area (Å²) in [7, 11) is 1.82. The summed E-state index contributed by atoms with van der Waals surface area (Å²) >= 11 is 1.22. The maximum Gasteiger partial charge on any atom is 0.321 e. The van der Waals surface area contributed by atoms with E-state index < -0.39 is 12.1 Å². The summed E-state index contributed by atoms with van der Waals surface area (Å²) in [5.41, 5.74) is 0. The minimum Gasteiger partial charge on any atom is -0.485 e. The van der Waals surface area contributed by atoms with E-state index in [0.29, 0.717) is 40.9 Å². The minimum atomic E-state index is -0.438. The smallest absolute Gasteiger partial charge is 0.321 e. The molecule has 1 fully saturated rings. The summed E-state index contributed by atoms with van der Waals surface area (Å²) in [6.07, 6.45) is 2.83. The van der Waals surface area contributed by atoms with Crippen LogP contribution < -0.4 is 20.1 Å². The molecule has 0 saturated heterocycles. The van der Waals surface area contributed by atoms with E-state index in [-0.39, 0.29) is 17.7 Å². The SMILES string of the molecule is C[C@@H]1[C@H](C)CCC[C@@H]1NC(=O)NC(=O)CSc1nnc([C@H]2COc3ccccc3O2)n1C. The average molecular weight is 460 g/mol. The molecule has 9 nitrogen and oxygen atoms in total. The van der Waals surface area contributed by atoms with Crippen LogP contribution in [-0.4, -0.2) is 45.1 Å². The number of imide groups is 1. The Morgan fingerprint density at radius 2 is 1.97 bits per heavy atom. The predicted molar refractivity (Wildman–Crippen MR) is 120 cm³/mol. The Balaban J connectivity index is 1.28. The van der Waals surface area contributed by atoms with E-state index in [2.05, 4.69) is 34.7 Å². The molecule has 4 atom stereocenters. The highest BCUT2D eigenvalue weighted by atomic mass is 32.2. The average Bonchev–Trinajstić information content (AvgIpc) is 3.15. The standard InChI is InChI=1S/C22H29N5O4S/c1-13-7-6-8-15(14(13)2)23-21(29)24-19(28)12-32-22-26-25-20(27(22)3)18-11-30-16-9-4-5-10-17(16)31-18/h4-5,9-10,13-15,18H,6-8,11-12H2,1-3H3,(H2,23,24,28,29)/t13-,14-,15+,18-/m1/s1. The molecule has 172 valence electrons. The number of urea groups is 1. The summed E-state index contributed by atoms with van der Waals surface area (Å²) in [5.74, 6) is 2.62. The molecule has 3 amide bonds. The van der Waals surface area contributed by atoms with E-state index in [1.54, 1.807) is 4.57 Å². The Labute approximate surface area is 191 Å². The first kappa shape index (κ1) is 22.4. The summed E-state index contributed by atoms with van der Waals surface area (Å²) in [5, 5.41) is 14.3. The molecule has 0 bridgehead atoms. The van der Waals surface area contributed by atoms with Gasteiger partial charge >= 0.3 is 6.03 Å². The Kier molecular flexibility index (Phi) is 6.88. The van der Waals surface area contributed by atoms with Gasteiger partial charge in [0.25, 0.3) is 0 Å². The molecule has 4 rings (SSSR count). The number of rotatable bonds is 5. The molecule has 0 radical (unpaired) electrons. The van der Waals surface area contributed by atoms with Crippen molar-refractivity contribution in [3.63, 3.8) is 0 Å². The fraction of sp³-hybridized carbons (Fsp3) is 0.545. The van der Waals surface area contributed by atoms with Crippen LogP contribution in [0.4, 0.5) is 4.79 Å². The molecule has 32 heavy (non-hydrogen) atoms. The van der Waals surface area contributed by atoms with Crippen molar-refractivity contribution in [3.05, 3.63) is 30.1 Å². The van der Waals surface area contributed by atoms with Crippen LogP contribution in [0.5, 0.6) is 11.5 Å². The lowest BCUT2D eigenvalue weighted by Crippen LogP contribution is -2.49. The van der Waals surface area contributed by atoms with Gasteiger partial charge in [-0.2, -0.15) is 0 Å². The molecule has 1 aliphatic heterocycles. The van der Waals surface area contributed by atoms with Gasteiger partial charge in [-0.15, -0.1) is 10.2 Å². The Hall–Kier alpha value is -2.75. The van der Waals surface area contributed by atoms with E-state index in [0.717, 1.165) is 12.8 Å². The van der Waals surface area contributed by atoms with Gasteiger partial charge in [0.05, 0.1) is 5.75 Å². The number of nitrogens with one attached hydrogen (secondary N) is 2. The fourth-order valence-electron chi connectivity index (χ4n) is 4.16. The third-order valence-electron chi connectivity index (χ3n) is 6.27. The maximum atomic E-state index is 12.3. The van der Waals surface area contributed by atoms with Gasteiger partial charge < -0.3 is 19.4 Å². The van der Waals surface area contributed by atoms with Crippen molar-refractivity contribution in [2.24, 2.45) is 18.9 Å². The molecular weight excluding hydrogens is 430 g/mol. The zero-order valence-corrected chi connectivity index (χ0v) is 19.4. The number of fused-ring (bicyclic) bond motifs is 1. The largest absolute Gasteiger partial charge is 0.485 e. The van der Waals surface area contributed by atoms with Crippen molar-refractivity contribution >= 4 is 23.7 Å². The highest BCUT2D eigenvalue weighted by molar-refractivity contribution is 7.99. The van der Waals surface area contributed by atoms with Gasteiger partial charge in [-0.1, -0.05) is 50.6 Å². The Morgan fingerprint density at radius 1 is 1.19 bits per heavy atom. The van der Waals surface area contributed by atoms with E-state index in [1.165, 1.54) is 18.2 Å². The van der Waals surface area contributed by atoms with Crippen LogP contribution in [0.25, 0.3) is 0 Å². The van der Waals surface area contributed by atoms with Crippen molar-refractivity contribution in [2.75, 3.05) is 12.4 Å². The third-order valence-corrected chi connectivity index (χ3v) is 7.29.